The first kappa shape index (κ1) is 12.7. The van der Waals surface area contributed by atoms with Crippen molar-refractivity contribution in [3.8, 4) is 0 Å². The minimum Gasteiger partial charge on any atom is -0.395 e. The predicted molar refractivity (Wildman–Crippen MR) is 69.6 cm³/mol. The first-order valence-electron chi connectivity index (χ1n) is 5.72. The number of aryl methyl sites for hydroxylation is 2. The number of aromatic amines is 1. The van der Waals surface area contributed by atoms with Gasteiger partial charge in [-0.05, 0) is 25.1 Å². The van der Waals surface area contributed by atoms with Crippen LogP contribution in [0.5, 0.6) is 0 Å². The molecule has 0 unspecified atom stereocenters. The fourth-order valence-corrected chi connectivity index (χ4v) is 2.69. The normalized spacial score (nSPS) is 11.1. The zero-order chi connectivity index (χ0) is 13.3. The van der Waals surface area contributed by atoms with Crippen LogP contribution in [0.1, 0.15) is 19.5 Å². The van der Waals surface area contributed by atoms with Gasteiger partial charge in [0.25, 0.3) is 0 Å². The molecule has 0 bridgehead atoms. The lowest BCUT2D eigenvalue weighted by Crippen LogP contribution is -2.16. The number of anilines is 1. The van der Waals surface area contributed by atoms with Crippen LogP contribution in [0.25, 0.3) is 0 Å². The molecule has 8 heteroatoms. The van der Waals surface area contributed by atoms with E-state index in [9.17, 15) is 4.79 Å². The van der Waals surface area contributed by atoms with Gasteiger partial charge in [0.15, 0.2) is 5.16 Å². The lowest BCUT2D eigenvalue weighted by Gasteiger charge is -2.03. The molecule has 0 aromatic carbocycles. The molecule has 0 aliphatic rings. The molecule has 2 aromatic rings. The number of hydrogen-bond acceptors (Lipinski definition) is 5. The van der Waals surface area contributed by atoms with Gasteiger partial charge in [-0.1, -0.05) is 6.92 Å². The van der Waals surface area contributed by atoms with Crippen LogP contribution in [0.2, 0.25) is 0 Å². The van der Waals surface area contributed by atoms with Crippen LogP contribution in [0.15, 0.2) is 15.0 Å². The molecule has 0 aliphatic carbocycles. The quantitative estimate of drug-likeness (QED) is 0.847. The molecule has 3 N–H and O–H groups in total. The highest BCUT2D eigenvalue weighted by Crippen LogP contribution is 2.31. The number of hydrogen-bond donors (Lipinski definition) is 2. The Balaban J connectivity index is 2.40. The molecule has 0 atom stereocenters. The second kappa shape index (κ2) is 4.89. The largest absolute Gasteiger partial charge is 0.395 e. The summed E-state index contributed by atoms with van der Waals surface area (Å²) in [6.45, 7) is 4.46. The third-order valence-corrected chi connectivity index (χ3v) is 3.84. The Morgan fingerprint density at radius 2 is 2.17 bits per heavy atom. The minimum atomic E-state index is -0.212. The summed E-state index contributed by atoms with van der Waals surface area (Å²) in [7, 11) is 1.83. The van der Waals surface area contributed by atoms with Crippen molar-refractivity contribution in [3.63, 3.8) is 0 Å². The molecule has 0 spiro atoms. The van der Waals surface area contributed by atoms with Crippen molar-refractivity contribution in [1.29, 1.82) is 0 Å². The molecule has 2 rings (SSSR count). The Hall–Kier alpha value is -1.70. The Morgan fingerprint density at radius 3 is 2.72 bits per heavy atom. The maximum Gasteiger partial charge on any atom is 0.343 e. The fourth-order valence-electron chi connectivity index (χ4n) is 1.71. The van der Waals surface area contributed by atoms with E-state index >= 15 is 0 Å². The summed E-state index contributed by atoms with van der Waals surface area (Å²) >= 11 is 1.35. The number of H-pyrrole nitrogens is 1. The third-order valence-electron chi connectivity index (χ3n) is 2.67. The van der Waals surface area contributed by atoms with Gasteiger partial charge in [0.2, 0.25) is 0 Å². The molecule has 0 fully saturated rings. The Morgan fingerprint density at radius 1 is 1.44 bits per heavy atom. The van der Waals surface area contributed by atoms with Crippen molar-refractivity contribution < 1.29 is 0 Å². The van der Waals surface area contributed by atoms with E-state index in [4.69, 9.17) is 5.73 Å². The summed E-state index contributed by atoms with van der Waals surface area (Å²) in [5.41, 5.74) is 7.34. The van der Waals surface area contributed by atoms with E-state index in [1.807, 2.05) is 20.9 Å². The smallest absolute Gasteiger partial charge is 0.343 e. The number of nitrogens with two attached hydrogens (primary N) is 1. The zero-order valence-electron chi connectivity index (χ0n) is 10.6. The van der Waals surface area contributed by atoms with E-state index in [0.29, 0.717) is 17.4 Å². The SMILES string of the molecule is CCc1nn(C)c(Sc2n[nH]c(=O)n2CC)c1N. The second-order valence-corrected chi connectivity index (χ2v) is 4.76. The summed E-state index contributed by atoms with van der Waals surface area (Å²) in [5.74, 6) is 0. The predicted octanol–water partition coefficient (Wildman–Crippen LogP) is 0.621. The van der Waals surface area contributed by atoms with Gasteiger partial charge >= 0.3 is 5.69 Å². The molecule has 0 saturated heterocycles. The zero-order valence-corrected chi connectivity index (χ0v) is 11.4. The van der Waals surface area contributed by atoms with Crippen molar-refractivity contribution in [1.82, 2.24) is 24.5 Å². The van der Waals surface area contributed by atoms with Gasteiger partial charge in [0.05, 0.1) is 11.4 Å². The molecule has 0 amide bonds. The van der Waals surface area contributed by atoms with Gasteiger partial charge < -0.3 is 5.73 Å². The molecular formula is C10H16N6OS. The second-order valence-electron chi connectivity index (χ2n) is 3.80. The van der Waals surface area contributed by atoms with Crippen molar-refractivity contribution >= 4 is 17.4 Å². The maximum atomic E-state index is 11.5. The van der Waals surface area contributed by atoms with E-state index < -0.39 is 0 Å². The molecule has 18 heavy (non-hydrogen) atoms. The number of nitrogen functional groups attached to an aromatic ring is 1. The molecule has 0 aliphatic heterocycles. The lowest BCUT2D eigenvalue weighted by atomic mass is 10.3. The van der Waals surface area contributed by atoms with Crippen LogP contribution in [-0.2, 0) is 20.0 Å². The minimum absolute atomic E-state index is 0.212. The van der Waals surface area contributed by atoms with Crippen molar-refractivity contribution in [2.45, 2.75) is 37.0 Å². The van der Waals surface area contributed by atoms with Crippen LogP contribution in [0, 0.1) is 0 Å². The Kier molecular flexibility index (Phi) is 3.46. The van der Waals surface area contributed by atoms with E-state index in [1.54, 1.807) is 9.25 Å². The van der Waals surface area contributed by atoms with Crippen molar-refractivity contribution in [2.24, 2.45) is 7.05 Å². The first-order chi connectivity index (χ1) is 8.58. The van der Waals surface area contributed by atoms with E-state index in [1.165, 1.54) is 11.8 Å². The number of rotatable bonds is 4. The van der Waals surface area contributed by atoms with Gasteiger partial charge in [-0.3, -0.25) is 9.25 Å². The van der Waals surface area contributed by atoms with Gasteiger partial charge in [-0.25, -0.2) is 9.89 Å². The van der Waals surface area contributed by atoms with Gasteiger partial charge in [-0.2, -0.15) is 5.10 Å². The summed E-state index contributed by atoms with van der Waals surface area (Å²) in [6.07, 6.45) is 0.779. The summed E-state index contributed by atoms with van der Waals surface area (Å²) in [5, 5.41) is 12.2. The standard InChI is InChI=1S/C10H16N6OS/c1-4-6-7(11)8(15(3)14-6)18-10-13-12-9(17)16(10)5-2/h4-5,11H2,1-3H3,(H,12,17). The first-order valence-corrected chi connectivity index (χ1v) is 6.54. The van der Waals surface area contributed by atoms with Gasteiger partial charge in [0.1, 0.15) is 5.03 Å². The molecular weight excluding hydrogens is 252 g/mol. The summed E-state index contributed by atoms with van der Waals surface area (Å²) in [4.78, 5) is 11.5. The molecule has 2 heterocycles. The van der Waals surface area contributed by atoms with Crippen LogP contribution in [-0.4, -0.2) is 24.5 Å². The van der Waals surface area contributed by atoms with Gasteiger partial charge in [-0.15, -0.1) is 5.10 Å². The molecule has 0 radical (unpaired) electrons. The van der Waals surface area contributed by atoms with E-state index in [0.717, 1.165) is 17.1 Å². The Bertz CT molecular complexity index is 610. The van der Waals surface area contributed by atoms with Crippen LogP contribution >= 0.6 is 11.8 Å². The summed E-state index contributed by atoms with van der Waals surface area (Å²) < 4.78 is 3.28. The topological polar surface area (TPSA) is 94.5 Å². The molecule has 98 valence electrons. The molecule has 2 aromatic heterocycles. The highest BCUT2D eigenvalue weighted by atomic mass is 32.2. The van der Waals surface area contributed by atoms with E-state index in [-0.39, 0.29) is 5.69 Å². The average molecular weight is 268 g/mol. The third kappa shape index (κ3) is 2.03. The number of nitrogens with zero attached hydrogens (tertiary/aromatic N) is 4. The summed E-state index contributed by atoms with van der Waals surface area (Å²) in [6, 6.07) is 0. The van der Waals surface area contributed by atoms with E-state index in [2.05, 4.69) is 15.3 Å². The highest BCUT2D eigenvalue weighted by Gasteiger charge is 2.16. The van der Waals surface area contributed by atoms with Crippen LogP contribution in [0.4, 0.5) is 5.69 Å². The van der Waals surface area contributed by atoms with Gasteiger partial charge in [0, 0.05) is 13.6 Å². The number of aromatic nitrogens is 5. The van der Waals surface area contributed by atoms with Crippen LogP contribution in [0.3, 0.4) is 0 Å². The van der Waals surface area contributed by atoms with Crippen molar-refractivity contribution in [2.75, 3.05) is 5.73 Å². The van der Waals surface area contributed by atoms with Crippen LogP contribution < -0.4 is 11.4 Å². The fraction of sp³-hybridized carbons (Fsp3) is 0.500. The average Bonchev–Trinajstić information content (AvgIpc) is 2.84. The maximum absolute atomic E-state index is 11.5. The Labute approximate surface area is 108 Å². The molecule has 7 nitrogen and oxygen atoms in total. The van der Waals surface area contributed by atoms with Crippen molar-refractivity contribution in [3.05, 3.63) is 16.2 Å². The highest BCUT2D eigenvalue weighted by molar-refractivity contribution is 7.99. The lowest BCUT2D eigenvalue weighted by molar-refractivity contribution is 0.653. The monoisotopic (exact) mass is 268 g/mol. The number of nitrogens with one attached hydrogen (secondary N) is 1. The molecule has 0 saturated carbocycles.